The molecule has 0 atom stereocenters. The average Bonchev–Trinajstić information content (AvgIpc) is 2.18. The summed E-state index contributed by atoms with van der Waals surface area (Å²) in [6, 6.07) is 0.805. The zero-order valence-electron chi connectivity index (χ0n) is 10.6. The lowest BCUT2D eigenvalue weighted by molar-refractivity contribution is 0.193. The van der Waals surface area contributed by atoms with Gasteiger partial charge in [-0.25, -0.2) is 0 Å². The van der Waals surface area contributed by atoms with Crippen molar-refractivity contribution in [2.24, 2.45) is 5.92 Å². The molecule has 0 bridgehead atoms. The molecule has 0 amide bonds. The van der Waals surface area contributed by atoms with Gasteiger partial charge in [-0.1, -0.05) is 24.3 Å². The van der Waals surface area contributed by atoms with E-state index in [1.165, 1.54) is 31.3 Å². The van der Waals surface area contributed by atoms with Crippen LogP contribution in [0.4, 0.5) is 0 Å². The number of hydrogen-bond donors (Lipinski definition) is 0. The molecular formula is C14H25N. The summed E-state index contributed by atoms with van der Waals surface area (Å²) in [5.41, 5.74) is 2.41. The fraction of sp³-hybridized carbons (Fsp3) is 0.714. The molecule has 0 aliphatic heterocycles. The van der Waals surface area contributed by atoms with Gasteiger partial charge in [0.1, 0.15) is 0 Å². The molecule has 1 fully saturated rings. The summed E-state index contributed by atoms with van der Waals surface area (Å²) in [5.74, 6) is 0.852. The molecule has 0 radical (unpaired) electrons. The van der Waals surface area contributed by atoms with Crippen molar-refractivity contribution in [3.8, 4) is 0 Å². The Morgan fingerprint density at radius 3 is 2.07 bits per heavy atom. The second-order valence-corrected chi connectivity index (χ2v) is 5.23. The topological polar surface area (TPSA) is 3.24 Å². The molecule has 1 nitrogen and oxygen atoms in total. The van der Waals surface area contributed by atoms with Gasteiger partial charge in [-0.3, -0.25) is 0 Å². The van der Waals surface area contributed by atoms with Crippen LogP contribution in [0.25, 0.3) is 0 Å². The Morgan fingerprint density at radius 1 is 1.13 bits per heavy atom. The maximum Gasteiger partial charge on any atom is 0.00893 e. The van der Waals surface area contributed by atoms with E-state index in [-0.39, 0.29) is 0 Å². The van der Waals surface area contributed by atoms with Crippen molar-refractivity contribution in [3.63, 3.8) is 0 Å². The Labute approximate surface area is 94.9 Å². The highest BCUT2D eigenvalue weighted by molar-refractivity contribution is 5.22. The van der Waals surface area contributed by atoms with Crippen molar-refractivity contribution < 1.29 is 0 Å². The molecule has 0 aromatic carbocycles. The summed E-state index contributed by atoms with van der Waals surface area (Å²) in [5, 5.41) is 0. The van der Waals surface area contributed by atoms with Crippen LogP contribution in [0.1, 0.15) is 39.0 Å². The molecule has 0 aromatic heterocycles. The Morgan fingerprint density at radius 2 is 1.67 bits per heavy atom. The summed E-state index contributed by atoms with van der Waals surface area (Å²) in [6.45, 7) is 10.1. The van der Waals surface area contributed by atoms with Gasteiger partial charge in [-0.2, -0.15) is 0 Å². The van der Waals surface area contributed by atoms with E-state index in [9.17, 15) is 0 Å². The highest BCUT2D eigenvalue weighted by Gasteiger charge is 2.22. The molecule has 0 N–H and O–H groups in total. The van der Waals surface area contributed by atoms with Gasteiger partial charge in [0.2, 0.25) is 0 Å². The molecule has 0 spiro atoms. The van der Waals surface area contributed by atoms with E-state index < -0.39 is 0 Å². The van der Waals surface area contributed by atoms with Crippen molar-refractivity contribution in [1.82, 2.24) is 4.90 Å². The van der Waals surface area contributed by atoms with Gasteiger partial charge in [-0.15, -0.1) is 0 Å². The Balaban J connectivity index is 2.32. The predicted molar refractivity (Wildman–Crippen MR) is 68.0 cm³/mol. The van der Waals surface area contributed by atoms with Crippen molar-refractivity contribution in [2.75, 3.05) is 14.1 Å². The van der Waals surface area contributed by atoms with Gasteiger partial charge >= 0.3 is 0 Å². The van der Waals surface area contributed by atoms with Crippen LogP contribution in [-0.2, 0) is 0 Å². The SMILES string of the molecule is C=C(C)C(=C)CC1CCC(N(C)C)CC1. The molecule has 1 aliphatic carbocycles. The minimum Gasteiger partial charge on any atom is -0.306 e. The smallest absolute Gasteiger partial charge is 0.00893 e. The Bertz CT molecular complexity index is 232. The molecule has 1 heteroatoms. The van der Waals surface area contributed by atoms with E-state index in [1.807, 2.05) is 0 Å². The normalized spacial score (nSPS) is 26.7. The third-order valence-electron chi connectivity index (χ3n) is 3.69. The molecule has 15 heavy (non-hydrogen) atoms. The first-order chi connectivity index (χ1) is 7.00. The number of nitrogens with zero attached hydrogens (tertiary/aromatic N) is 1. The van der Waals surface area contributed by atoms with E-state index >= 15 is 0 Å². The van der Waals surface area contributed by atoms with Gasteiger partial charge in [0.15, 0.2) is 0 Å². The lowest BCUT2D eigenvalue weighted by Gasteiger charge is -2.33. The largest absolute Gasteiger partial charge is 0.306 e. The molecule has 1 aliphatic rings. The van der Waals surface area contributed by atoms with Crippen molar-refractivity contribution >= 4 is 0 Å². The minimum atomic E-state index is 0.805. The molecule has 1 rings (SSSR count). The third-order valence-corrected chi connectivity index (χ3v) is 3.69. The number of hydrogen-bond acceptors (Lipinski definition) is 1. The lowest BCUT2D eigenvalue weighted by Crippen LogP contribution is -2.32. The molecule has 0 unspecified atom stereocenters. The standard InChI is InChI=1S/C14H25N/c1-11(2)12(3)10-13-6-8-14(9-7-13)15(4)5/h13-14H,1,3,6-10H2,2,4-5H3. The summed E-state index contributed by atoms with van der Waals surface area (Å²) >= 11 is 0. The number of rotatable bonds is 4. The lowest BCUT2D eigenvalue weighted by atomic mass is 9.81. The maximum absolute atomic E-state index is 4.09. The number of allylic oxidation sites excluding steroid dienone is 2. The molecule has 1 saturated carbocycles. The van der Waals surface area contributed by atoms with E-state index in [4.69, 9.17) is 0 Å². The van der Waals surface area contributed by atoms with Gasteiger partial charge < -0.3 is 4.90 Å². The second-order valence-electron chi connectivity index (χ2n) is 5.23. The Hall–Kier alpha value is -0.560. The van der Waals surface area contributed by atoms with Crippen LogP contribution >= 0.6 is 0 Å². The van der Waals surface area contributed by atoms with Crippen LogP contribution in [0.2, 0.25) is 0 Å². The van der Waals surface area contributed by atoms with Gasteiger partial charge in [-0.05, 0) is 59.0 Å². The predicted octanol–water partition coefficient (Wildman–Crippen LogP) is 3.63. The fourth-order valence-corrected chi connectivity index (χ4v) is 2.39. The molecule has 0 aromatic rings. The fourth-order valence-electron chi connectivity index (χ4n) is 2.39. The average molecular weight is 207 g/mol. The zero-order chi connectivity index (χ0) is 11.4. The van der Waals surface area contributed by atoms with Crippen LogP contribution < -0.4 is 0 Å². The zero-order valence-corrected chi connectivity index (χ0v) is 10.6. The highest BCUT2D eigenvalue weighted by Crippen LogP contribution is 2.31. The first-order valence-corrected chi connectivity index (χ1v) is 6.00. The maximum atomic E-state index is 4.09. The van der Waals surface area contributed by atoms with Crippen LogP contribution in [0.5, 0.6) is 0 Å². The van der Waals surface area contributed by atoms with Gasteiger partial charge in [0.25, 0.3) is 0 Å². The summed E-state index contributed by atoms with van der Waals surface area (Å²) in [4.78, 5) is 2.36. The van der Waals surface area contributed by atoms with Crippen LogP contribution in [0.15, 0.2) is 24.3 Å². The van der Waals surface area contributed by atoms with E-state index in [0.29, 0.717) is 0 Å². The first kappa shape index (κ1) is 12.5. The van der Waals surface area contributed by atoms with Crippen molar-refractivity contribution in [1.29, 1.82) is 0 Å². The Kier molecular flexibility index (Phi) is 4.59. The molecule has 0 heterocycles. The first-order valence-electron chi connectivity index (χ1n) is 6.00. The van der Waals surface area contributed by atoms with Crippen LogP contribution in [-0.4, -0.2) is 25.0 Å². The summed E-state index contributed by atoms with van der Waals surface area (Å²) in [7, 11) is 4.38. The van der Waals surface area contributed by atoms with E-state index in [0.717, 1.165) is 24.0 Å². The molecular weight excluding hydrogens is 182 g/mol. The van der Waals surface area contributed by atoms with E-state index in [1.54, 1.807) is 0 Å². The molecule has 0 saturated heterocycles. The van der Waals surface area contributed by atoms with Gasteiger partial charge in [0, 0.05) is 6.04 Å². The van der Waals surface area contributed by atoms with Gasteiger partial charge in [0.05, 0.1) is 0 Å². The monoisotopic (exact) mass is 207 g/mol. The highest BCUT2D eigenvalue weighted by atomic mass is 15.1. The van der Waals surface area contributed by atoms with Crippen LogP contribution in [0.3, 0.4) is 0 Å². The summed E-state index contributed by atoms with van der Waals surface area (Å²) < 4.78 is 0. The van der Waals surface area contributed by atoms with E-state index in [2.05, 4.69) is 39.1 Å². The summed E-state index contributed by atoms with van der Waals surface area (Å²) in [6.07, 6.45) is 6.57. The minimum absolute atomic E-state index is 0.805. The van der Waals surface area contributed by atoms with Crippen molar-refractivity contribution in [2.45, 2.75) is 45.1 Å². The molecule has 86 valence electrons. The third kappa shape index (κ3) is 3.83. The van der Waals surface area contributed by atoms with Crippen LogP contribution in [0, 0.1) is 5.92 Å². The second kappa shape index (κ2) is 5.50. The quantitative estimate of drug-likeness (QED) is 0.636. The van der Waals surface area contributed by atoms with Crippen molar-refractivity contribution in [3.05, 3.63) is 24.3 Å².